The molecule has 1 aromatic rings. The van der Waals surface area contributed by atoms with Gasteiger partial charge in [-0.05, 0) is 43.9 Å². The summed E-state index contributed by atoms with van der Waals surface area (Å²) in [7, 11) is 1.45. The molecule has 0 bridgehead atoms. The van der Waals surface area contributed by atoms with E-state index in [0.29, 0.717) is 5.75 Å². The summed E-state index contributed by atoms with van der Waals surface area (Å²) >= 11 is 0. The van der Waals surface area contributed by atoms with Crippen LogP contribution in [0.2, 0.25) is 0 Å². The van der Waals surface area contributed by atoms with Crippen LogP contribution in [0.4, 0.5) is 0 Å². The number of carbonyl (C=O) groups is 1. The van der Waals surface area contributed by atoms with Crippen LogP contribution in [0.15, 0.2) is 18.2 Å². The van der Waals surface area contributed by atoms with Gasteiger partial charge >= 0.3 is 5.97 Å². The lowest BCUT2D eigenvalue weighted by Gasteiger charge is -2.39. The van der Waals surface area contributed by atoms with E-state index < -0.39 is 5.41 Å². The van der Waals surface area contributed by atoms with E-state index in [-0.39, 0.29) is 11.4 Å². The predicted molar refractivity (Wildman–Crippen MR) is 74.2 cm³/mol. The number of phenols is 1. The Hall–Kier alpha value is -1.51. The van der Waals surface area contributed by atoms with Crippen molar-refractivity contribution in [1.82, 2.24) is 0 Å². The summed E-state index contributed by atoms with van der Waals surface area (Å²) in [5.74, 6) is 0.156. The fraction of sp³-hybridized carbons (Fsp3) is 0.562. The van der Waals surface area contributed by atoms with Gasteiger partial charge in [0.15, 0.2) is 0 Å². The fourth-order valence-electron chi connectivity index (χ4n) is 3.36. The smallest absolute Gasteiger partial charge is 0.312 e. The first kappa shape index (κ1) is 13.9. The number of hydrogen-bond donors (Lipinski definition) is 1. The number of methoxy groups -OCH3 is 1. The number of rotatable bonds is 2. The third-order valence-electron chi connectivity index (χ3n) is 5.04. The minimum absolute atomic E-state index is 0.141. The molecule has 1 aliphatic rings. The first-order chi connectivity index (χ1) is 8.85. The number of aromatic hydroxyl groups is 1. The average Bonchev–Trinajstić information content (AvgIpc) is 2.70. The van der Waals surface area contributed by atoms with Crippen molar-refractivity contribution in [3.05, 3.63) is 29.3 Å². The van der Waals surface area contributed by atoms with Crippen molar-refractivity contribution in [2.75, 3.05) is 7.11 Å². The Morgan fingerprint density at radius 2 is 2.00 bits per heavy atom. The Bertz CT molecular complexity index is 509. The Morgan fingerprint density at radius 3 is 2.58 bits per heavy atom. The summed E-state index contributed by atoms with van der Waals surface area (Å²) in [4.78, 5) is 12.2. The van der Waals surface area contributed by atoms with Crippen molar-refractivity contribution in [1.29, 1.82) is 0 Å². The number of aryl methyl sites for hydroxylation is 1. The molecular weight excluding hydrogens is 240 g/mol. The molecule has 0 heterocycles. The van der Waals surface area contributed by atoms with Gasteiger partial charge in [-0.15, -0.1) is 0 Å². The maximum atomic E-state index is 12.2. The molecule has 0 aliphatic heterocycles. The van der Waals surface area contributed by atoms with E-state index in [1.54, 1.807) is 6.07 Å². The summed E-state index contributed by atoms with van der Waals surface area (Å²) in [6, 6.07) is 5.63. The first-order valence-corrected chi connectivity index (χ1v) is 6.74. The van der Waals surface area contributed by atoms with Crippen LogP contribution in [0.3, 0.4) is 0 Å². The van der Waals surface area contributed by atoms with E-state index in [2.05, 4.69) is 6.92 Å². The summed E-state index contributed by atoms with van der Waals surface area (Å²) < 4.78 is 5.02. The SMILES string of the molecule is COC(=O)[C@]1(C)CCC[C@]1(C)c1ccc(O)c(C)c1. The maximum Gasteiger partial charge on any atom is 0.312 e. The zero-order chi connectivity index (χ0) is 14.3. The molecule has 2 atom stereocenters. The molecule has 0 unspecified atom stereocenters. The largest absolute Gasteiger partial charge is 0.508 e. The van der Waals surface area contributed by atoms with Gasteiger partial charge in [-0.2, -0.15) is 0 Å². The molecule has 1 N–H and O–H groups in total. The third kappa shape index (κ3) is 1.92. The van der Waals surface area contributed by atoms with Crippen LogP contribution < -0.4 is 0 Å². The van der Waals surface area contributed by atoms with E-state index in [1.807, 2.05) is 26.0 Å². The highest BCUT2D eigenvalue weighted by Crippen LogP contribution is 2.55. The topological polar surface area (TPSA) is 46.5 Å². The molecule has 0 spiro atoms. The van der Waals surface area contributed by atoms with Gasteiger partial charge < -0.3 is 9.84 Å². The zero-order valence-electron chi connectivity index (χ0n) is 12.1. The fourth-order valence-corrected chi connectivity index (χ4v) is 3.36. The highest BCUT2D eigenvalue weighted by molar-refractivity contribution is 5.79. The van der Waals surface area contributed by atoms with Crippen LogP contribution in [-0.4, -0.2) is 18.2 Å². The van der Waals surface area contributed by atoms with Crippen LogP contribution in [0, 0.1) is 12.3 Å². The van der Waals surface area contributed by atoms with Crippen molar-refractivity contribution in [2.24, 2.45) is 5.41 Å². The van der Waals surface area contributed by atoms with Gasteiger partial charge in [0.1, 0.15) is 5.75 Å². The van der Waals surface area contributed by atoms with E-state index in [9.17, 15) is 9.90 Å². The molecule has 2 rings (SSSR count). The predicted octanol–water partition coefficient (Wildman–Crippen LogP) is 3.32. The molecule has 1 saturated carbocycles. The van der Waals surface area contributed by atoms with Crippen LogP contribution in [0.1, 0.15) is 44.2 Å². The van der Waals surface area contributed by atoms with Gasteiger partial charge in [0, 0.05) is 5.41 Å². The number of phenolic OH excluding ortho intramolecular Hbond substituents is 1. The molecule has 0 radical (unpaired) electrons. The molecule has 0 saturated heterocycles. The standard InChI is InChI=1S/C16H22O3/c1-11-10-12(6-7-13(11)17)15(2)8-5-9-16(15,3)14(18)19-4/h6-7,10,17H,5,8-9H2,1-4H3/t15-,16+/m1/s1. The monoisotopic (exact) mass is 262 g/mol. The van der Waals surface area contributed by atoms with E-state index >= 15 is 0 Å². The second-order valence-corrected chi connectivity index (χ2v) is 6.01. The Balaban J connectivity index is 2.51. The van der Waals surface area contributed by atoms with E-state index in [0.717, 1.165) is 30.4 Å². The van der Waals surface area contributed by atoms with Crippen LogP contribution in [0.25, 0.3) is 0 Å². The van der Waals surface area contributed by atoms with Gasteiger partial charge in [-0.25, -0.2) is 0 Å². The third-order valence-corrected chi connectivity index (χ3v) is 5.04. The Morgan fingerprint density at radius 1 is 1.32 bits per heavy atom. The zero-order valence-corrected chi connectivity index (χ0v) is 12.1. The maximum absolute atomic E-state index is 12.2. The summed E-state index contributed by atoms with van der Waals surface area (Å²) in [6.45, 7) is 6.00. The minimum atomic E-state index is -0.495. The lowest BCUT2D eigenvalue weighted by Crippen LogP contribution is -2.43. The molecule has 19 heavy (non-hydrogen) atoms. The van der Waals surface area contributed by atoms with Crippen molar-refractivity contribution < 1.29 is 14.6 Å². The number of benzene rings is 1. The molecule has 3 heteroatoms. The van der Waals surface area contributed by atoms with Gasteiger partial charge in [0.05, 0.1) is 12.5 Å². The highest BCUT2D eigenvalue weighted by Gasteiger charge is 2.55. The first-order valence-electron chi connectivity index (χ1n) is 6.74. The normalized spacial score (nSPS) is 30.3. The molecule has 1 aliphatic carbocycles. The highest BCUT2D eigenvalue weighted by atomic mass is 16.5. The Labute approximate surface area is 114 Å². The minimum Gasteiger partial charge on any atom is -0.508 e. The molecule has 1 aromatic carbocycles. The van der Waals surface area contributed by atoms with Gasteiger partial charge in [0.25, 0.3) is 0 Å². The van der Waals surface area contributed by atoms with Gasteiger partial charge in [0.2, 0.25) is 0 Å². The van der Waals surface area contributed by atoms with Crippen LogP contribution >= 0.6 is 0 Å². The van der Waals surface area contributed by atoms with Gasteiger partial charge in [-0.3, -0.25) is 4.79 Å². The second-order valence-electron chi connectivity index (χ2n) is 6.01. The molecule has 0 aromatic heterocycles. The number of ether oxygens (including phenoxy) is 1. The van der Waals surface area contributed by atoms with Crippen molar-refractivity contribution in [3.8, 4) is 5.75 Å². The Kier molecular flexibility index (Phi) is 3.33. The van der Waals surface area contributed by atoms with Crippen LogP contribution in [0.5, 0.6) is 5.75 Å². The second kappa shape index (κ2) is 4.55. The van der Waals surface area contributed by atoms with Gasteiger partial charge in [-0.1, -0.05) is 25.5 Å². The summed E-state index contributed by atoms with van der Waals surface area (Å²) in [6.07, 6.45) is 2.82. The van der Waals surface area contributed by atoms with Crippen molar-refractivity contribution in [3.63, 3.8) is 0 Å². The molecule has 104 valence electrons. The quantitative estimate of drug-likeness (QED) is 0.832. The van der Waals surface area contributed by atoms with Crippen molar-refractivity contribution >= 4 is 5.97 Å². The van der Waals surface area contributed by atoms with E-state index in [4.69, 9.17) is 4.74 Å². The van der Waals surface area contributed by atoms with Crippen molar-refractivity contribution in [2.45, 2.75) is 45.4 Å². The van der Waals surface area contributed by atoms with E-state index in [1.165, 1.54) is 7.11 Å². The number of hydrogen-bond acceptors (Lipinski definition) is 3. The molecule has 3 nitrogen and oxygen atoms in total. The molecule has 0 amide bonds. The summed E-state index contributed by atoms with van der Waals surface area (Å²) in [5.41, 5.74) is 1.22. The lowest BCUT2D eigenvalue weighted by molar-refractivity contribution is -0.154. The van der Waals surface area contributed by atoms with Crippen LogP contribution in [-0.2, 0) is 14.9 Å². The molecular formula is C16H22O3. The lowest BCUT2D eigenvalue weighted by atomic mass is 9.64. The average molecular weight is 262 g/mol. The summed E-state index contributed by atoms with van der Waals surface area (Å²) in [5, 5.41) is 9.66. The molecule has 1 fully saturated rings. The number of esters is 1. The number of carbonyl (C=O) groups excluding carboxylic acids is 1.